The summed E-state index contributed by atoms with van der Waals surface area (Å²) in [5.74, 6) is -1.10. The van der Waals surface area contributed by atoms with Gasteiger partial charge in [-0.25, -0.2) is 9.78 Å². The number of benzene rings is 2. The molecule has 2 aromatic heterocycles. The van der Waals surface area contributed by atoms with Gasteiger partial charge in [-0.05, 0) is 37.1 Å². The van der Waals surface area contributed by atoms with Crippen LogP contribution >= 0.6 is 11.3 Å². The molecule has 0 unspecified atom stereocenters. The molecule has 0 saturated heterocycles. The molecule has 0 saturated carbocycles. The fourth-order valence-corrected chi connectivity index (χ4v) is 3.96. The lowest BCUT2D eigenvalue weighted by Crippen LogP contribution is -2.21. The van der Waals surface area contributed by atoms with Gasteiger partial charge in [0.25, 0.3) is 5.91 Å². The van der Waals surface area contributed by atoms with E-state index in [1.54, 1.807) is 12.1 Å². The van der Waals surface area contributed by atoms with Crippen molar-refractivity contribution >= 4 is 49.5 Å². The molecular weight excluding hydrogens is 364 g/mol. The second-order valence-corrected chi connectivity index (χ2v) is 7.22. The number of esters is 1. The molecule has 1 amide bonds. The molecule has 2 heterocycles. The van der Waals surface area contributed by atoms with Gasteiger partial charge in [0.15, 0.2) is 17.4 Å². The molecule has 0 radical (unpaired) electrons. The number of anilines is 1. The summed E-state index contributed by atoms with van der Waals surface area (Å²) in [4.78, 5) is 28.8. The molecule has 4 rings (SSSR count). The highest BCUT2D eigenvalue weighted by molar-refractivity contribution is 7.22. The van der Waals surface area contributed by atoms with Crippen LogP contribution in [0.5, 0.6) is 0 Å². The van der Waals surface area contributed by atoms with Crippen molar-refractivity contribution in [1.82, 2.24) is 15.2 Å². The van der Waals surface area contributed by atoms with Crippen LogP contribution < -0.4 is 5.32 Å². The molecule has 0 fully saturated rings. The molecule has 136 valence electrons. The number of nitrogens with zero attached hydrogens (tertiary/aromatic N) is 2. The predicted molar refractivity (Wildman–Crippen MR) is 104 cm³/mol. The topological polar surface area (TPSA) is 97.0 Å². The fourth-order valence-electron chi connectivity index (χ4n) is 2.90. The van der Waals surface area contributed by atoms with Gasteiger partial charge < -0.3 is 4.74 Å². The quantitative estimate of drug-likeness (QED) is 0.528. The lowest BCUT2D eigenvalue weighted by Gasteiger charge is -2.03. The molecule has 0 aliphatic rings. The van der Waals surface area contributed by atoms with Crippen LogP contribution in [0.2, 0.25) is 0 Å². The highest BCUT2D eigenvalue weighted by Gasteiger charge is 2.17. The molecule has 4 aromatic rings. The average molecular weight is 380 g/mol. The highest BCUT2D eigenvalue weighted by atomic mass is 32.1. The minimum Gasteiger partial charge on any atom is -0.451 e. The number of ether oxygens (including phenoxy) is 1. The fraction of sp³-hybridized carbons (Fsp3) is 0.158. The van der Waals surface area contributed by atoms with E-state index in [1.807, 2.05) is 38.1 Å². The van der Waals surface area contributed by atoms with Gasteiger partial charge in [0, 0.05) is 5.39 Å². The summed E-state index contributed by atoms with van der Waals surface area (Å²) in [7, 11) is 0. The summed E-state index contributed by atoms with van der Waals surface area (Å²) in [5.41, 5.74) is 3.94. The van der Waals surface area contributed by atoms with E-state index in [2.05, 4.69) is 20.5 Å². The smallest absolute Gasteiger partial charge is 0.359 e. The lowest BCUT2D eigenvalue weighted by molar-refractivity contribution is -0.119. The molecule has 8 heteroatoms. The van der Waals surface area contributed by atoms with Crippen molar-refractivity contribution in [1.29, 1.82) is 0 Å². The zero-order valence-electron chi connectivity index (χ0n) is 14.7. The van der Waals surface area contributed by atoms with Crippen molar-refractivity contribution in [3.05, 3.63) is 53.2 Å². The van der Waals surface area contributed by atoms with Gasteiger partial charge in [-0.1, -0.05) is 35.6 Å². The summed E-state index contributed by atoms with van der Waals surface area (Å²) in [6.07, 6.45) is 0. The van der Waals surface area contributed by atoms with Gasteiger partial charge in [-0.3, -0.25) is 15.2 Å². The summed E-state index contributed by atoms with van der Waals surface area (Å²) in [5, 5.41) is 10.5. The second-order valence-electron chi connectivity index (χ2n) is 6.19. The van der Waals surface area contributed by atoms with E-state index in [1.165, 1.54) is 11.3 Å². The predicted octanol–water partition coefficient (Wildman–Crippen LogP) is 3.58. The zero-order valence-corrected chi connectivity index (χ0v) is 15.5. The largest absolute Gasteiger partial charge is 0.451 e. The van der Waals surface area contributed by atoms with Crippen molar-refractivity contribution in [3.8, 4) is 0 Å². The van der Waals surface area contributed by atoms with Crippen LogP contribution in [0.4, 0.5) is 5.13 Å². The molecular formula is C19H16N4O3S. The Balaban J connectivity index is 1.42. The molecule has 7 nitrogen and oxygen atoms in total. The van der Waals surface area contributed by atoms with Crippen LogP contribution in [0.1, 0.15) is 21.6 Å². The van der Waals surface area contributed by atoms with Crippen LogP contribution in [0.15, 0.2) is 36.4 Å². The van der Waals surface area contributed by atoms with Gasteiger partial charge >= 0.3 is 5.97 Å². The number of aromatic nitrogens is 3. The number of aryl methyl sites for hydroxylation is 2. The number of carbonyl (C=O) groups excluding carboxylic acids is 2. The van der Waals surface area contributed by atoms with E-state index >= 15 is 0 Å². The summed E-state index contributed by atoms with van der Waals surface area (Å²) in [6.45, 7) is 3.59. The Kier molecular flexibility index (Phi) is 4.33. The second kappa shape index (κ2) is 6.81. The number of fused-ring (bicyclic) bond motifs is 2. The number of carbonyl (C=O) groups is 2. The van der Waals surface area contributed by atoms with Crippen LogP contribution in [-0.4, -0.2) is 33.7 Å². The maximum atomic E-state index is 12.2. The molecule has 0 aliphatic carbocycles. The molecule has 0 bridgehead atoms. The number of H-pyrrole nitrogens is 1. The van der Waals surface area contributed by atoms with Crippen molar-refractivity contribution < 1.29 is 14.3 Å². The first-order chi connectivity index (χ1) is 13.0. The van der Waals surface area contributed by atoms with Crippen molar-refractivity contribution in [2.45, 2.75) is 13.8 Å². The standard InChI is InChI=1S/C19H16N4O3S/c1-10-7-11(2)16-14(8-10)27-19(21-16)20-15(24)9-26-18(25)17-12-5-3-4-6-13(12)22-23-17/h3-8H,9H2,1-2H3,(H,22,23)(H,20,21,24). The molecule has 0 atom stereocenters. The number of para-hydroxylation sites is 1. The average Bonchev–Trinajstić information content (AvgIpc) is 3.23. The number of hydrogen-bond acceptors (Lipinski definition) is 6. The Bertz CT molecular complexity index is 1180. The maximum Gasteiger partial charge on any atom is 0.359 e. The summed E-state index contributed by atoms with van der Waals surface area (Å²) < 4.78 is 6.09. The van der Waals surface area contributed by atoms with Crippen LogP contribution in [0, 0.1) is 13.8 Å². The number of amides is 1. The van der Waals surface area contributed by atoms with Gasteiger partial charge in [0.2, 0.25) is 0 Å². The number of hydrogen-bond donors (Lipinski definition) is 2. The Hall–Kier alpha value is -3.26. The van der Waals surface area contributed by atoms with Gasteiger partial charge in [0.1, 0.15) is 0 Å². The van der Waals surface area contributed by atoms with E-state index in [-0.39, 0.29) is 5.69 Å². The van der Waals surface area contributed by atoms with Crippen LogP contribution in [-0.2, 0) is 9.53 Å². The first-order valence-corrected chi connectivity index (χ1v) is 9.11. The maximum absolute atomic E-state index is 12.2. The van der Waals surface area contributed by atoms with Gasteiger partial charge in [-0.2, -0.15) is 5.10 Å². The number of thiazole rings is 1. The first kappa shape index (κ1) is 17.2. The van der Waals surface area contributed by atoms with Gasteiger partial charge in [0.05, 0.1) is 15.7 Å². The molecule has 0 spiro atoms. The summed E-state index contributed by atoms with van der Waals surface area (Å²) >= 11 is 1.39. The SMILES string of the molecule is Cc1cc(C)c2nc(NC(=O)COC(=O)c3n[nH]c4ccccc34)sc2c1. The van der Waals surface area contributed by atoms with E-state index in [4.69, 9.17) is 4.74 Å². The molecule has 0 aliphatic heterocycles. The Morgan fingerprint density at radius 3 is 2.89 bits per heavy atom. The Morgan fingerprint density at radius 2 is 2.04 bits per heavy atom. The highest BCUT2D eigenvalue weighted by Crippen LogP contribution is 2.29. The number of aromatic amines is 1. The summed E-state index contributed by atoms with van der Waals surface area (Å²) in [6, 6.07) is 11.3. The number of rotatable bonds is 4. The third-order valence-electron chi connectivity index (χ3n) is 4.07. The lowest BCUT2D eigenvalue weighted by atomic mass is 10.1. The Morgan fingerprint density at radius 1 is 1.22 bits per heavy atom. The van der Waals surface area contributed by atoms with E-state index in [0.717, 1.165) is 26.9 Å². The minimum atomic E-state index is -0.654. The van der Waals surface area contributed by atoms with E-state index in [9.17, 15) is 9.59 Å². The molecule has 27 heavy (non-hydrogen) atoms. The van der Waals surface area contributed by atoms with Crippen molar-refractivity contribution in [3.63, 3.8) is 0 Å². The number of nitrogens with one attached hydrogen (secondary N) is 2. The van der Waals surface area contributed by atoms with Crippen LogP contribution in [0.25, 0.3) is 21.1 Å². The zero-order chi connectivity index (χ0) is 19.0. The first-order valence-electron chi connectivity index (χ1n) is 8.29. The van der Waals surface area contributed by atoms with E-state index in [0.29, 0.717) is 10.5 Å². The normalized spacial score (nSPS) is 11.0. The minimum absolute atomic E-state index is 0.157. The van der Waals surface area contributed by atoms with Crippen molar-refractivity contribution in [2.75, 3.05) is 11.9 Å². The monoisotopic (exact) mass is 380 g/mol. The Labute approximate surface area is 158 Å². The van der Waals surface area contributed by atoms with E-state index < -0.39 is 18.5 Å². The molecule has 2 aromatic carbocycles. The third kappa shape index (κ3) is 3.39. The third-order valence-corrected chi connectivity index (χ3v) is 4.99. The molecule has 2 N–H and O–H groups in total. The van der Waals surface area contributed by atoms with Gasteiger partial charge in [-0.15, -0.1) is 0 Å². The van der Waals surface area contributed by atoms with Crippen molar-refractivity contribution in [2.24, 2.45) is 0 Å². The van der Waals surface area contributed by atoms with Crippen LogP contribution in [0.3, 0.4) is 0 Å².